The molecule has 1 aromatic carbocycles. The molecule has 2 rings (SSSR count). The Morgan fingerprint density at radius 1 is 1.21 bits per heavy atom. The molecule has 1 aliphatic carbocycles. The third kappa shape index (κ3) is 4.47. The summed E-state index contributed by atoms with van der Waals surface area (Å²) in [6, 6.07) is 7.20. The number of benzene rings is 1. The number of amides is 2. The van der Waals surface area contributed by atoms with Crippen molar-refractivity contribution in [1.29, 1.82) is 0 Å². The van der Waals surface area contributed by atoms with Crippen LogP contribution in [0.25, 0.3) is 0 Å². The summed E-state index contributed by atoms with van der Waals surface area (Å²) < 4.78 is 5.07. The fourth-order valence-electron chi connectivity index (χ4n) is 2.48. The molecule has 1 fully saturated rings. The minimum absolute atomic E-state index is 0.129. The van der Waals surface area contributed by atoms with Crippen LogP contribution in [-0.2, 0) is 0 Å². The van der Waals surface area contributed by atoms with Crippen LogP contribution >= 0.6 is 0 Å². The molecule has 0 radical (unpaired) electrons. The molecular weight excluding hydrogens is 240 g/mol. The second kappa shape index (κ2) is 7.02. The monoisotopic (exact) mass is 262 g/mol. The predicted octanol–water partition coefficient (Wildman–Crippen LogP) is 3.40. The van der Waals surface area contributed by atoms with Crippen molar-refractivity contribution in [2.45, 2.75) is 32.1 Å². The zero-order valence-corrected chi connectivity index (χ0v) is 11.4. The van der Waals surface area contributed by atoms with Crippen molar-refractivity contribution in [3.8, 4) is 5.75 Å². The highest BCUT2D eigenvalue weighted by Crippen LogP contribution is 2.22. The van der Waals surface area contributed by atoms with Crippen molar-refractivity contribution in [3.05, 3.63) is 24.3 Å². The van der Waals surface area contributed by atoms with Gasteiger partial charge in [-0.3, -0.25) is 0 Å². The Morgan fingerprint density at radius 3 is 2.53 bits per heavy atom. The van der Waals surface area contributed by atoms with Crippen LogP contribution < -0.4 is 15.4 Å². The Kier molecular flexibility index (Phi) is 5.07. The highest BCUT2D eigenvalue weighted by atomic mass is 16.5. The molecule has 0 spiro atoms. The van der Waals surface area contributed by atoms with E-state index in [0.29, 0.717) is 5.92 Å². The second-order valence-corrected chi connectivity index (χ2v) is 5.07. The summed E-state index contributed by atoms with van der Waals surface area (Å²) in [6.07, 6.45) is 6.42. The first kappa shape index (κ1) is 13.7. The van der Waals surface area contributed by atoms with E-state index in [1.165, 1.54) is 32.1 Å². The molecule has 4 nitrogen and oxygen atoms in total. The molecule has 0 bridgehead atoms. The Balaban J connectivity index is 1.73. The van der Waals surface area contributed by atoms with E-state index in [0.717, 1.165) is 18.0 Å². The lowest BCUT2D eigenvalue weighted by Gasteiger charge is -2.21. The Hall–Kier alpha value is -1.71. The molecule has 1 aliphatic rings. The van der Waals surface area contributed by atoms with E-state index in [9.17, 15) is 4.79 Å². The van der Waals surface area contributed by atoms with Gasteiger partial charge in [0.25, 0.3) is 0 Å². The zero-order valence-electron chi connectivity index (χ0n) is 11.4. The van der Waals surface area contributed by atoms with E-state index >= 15 is 0 Å². The van der Waals surface area contributed by atoms with Crippen LogP contribution in [0.2, 0.25) is 0 Å². The first-order valence-corrected chi connectivity index (χ1v) is 6.97. The fraction of sp³-hybridized carbons (Fsp3) is 0.533. The van der Waals surface area contributed by atoms with Crippen molar-refractivity contribution >= 4 is 11.7 Å². The quantitative estimate of drug-likeness (QED) is 0.873. The molecule has 0 heterocycles. The van der Waals surface area contributed by atoms with Crippen molar-refractivity contribution in [3.63, 3.8) is 0 Å². The van der Waals surface area contributed by atoms with E-state index in [1.807, 2.05) is 24.3 Å². The Labute approximate surface area is 114 Å². The van der Waals surface area contributed by atoms with E-state index in [4.69, 9.17) is 4.74 Å². The molecule has 0 unspecified atom stereocenters. The summed E-state index contributed by atoms with van der Waals surface area (Å²) in [4.78, 5) is 11.8. The summed E-state index contributed by atoms with van der Waals surface area (Å²) in [5.41, 5.74) is 0.780. The highest BCUT2D eigenvalue weighted by Gasteiger charge is 2.14. The van der Waals surface area contributed by atoms with Crippen LogP contribution in [0.4, 0.5) is 10.5 Å². The van der Waals surface area contributed by atoms with Crippen molar-refractivity contribution in [2.75, 3.05) is 19.0 Å². The molecule has 0 saturated heterocycles. The van der Waals surface area contributed by atoms with Gasteiger partial charge in [0.1, 0.15) is 5.75 Å². The van der Waals surface area contributed by atoms with Gasteiger partial charge in [-0.05, 0) is 43.0 Å². The van der Waals surface area contributed by atoms with Gasteiger partial charge in [-0.15, -0.1) is 0 Å². The molecule has 104 valence electrons. The maximum atomic E-state index is 11.8. The average Bonchev–Trinajstić information content (AvgIpc) is 2.47. The first-order chi connectivity index (χ1) is 9.28. The predicted molar refractivity (Wildman–Crippen MR) is 76.6 cm³/mol. The second-order valence-electron chi connectivity index (χ2n) is 5.07. The van der Waals surface area contributed by atoms with E-state index in [1.54, 1.807) is 7.11 Å². The smallest absolute Gasteiger partial charge is 0.319 e. The molecule has 1 aromatic rings. The van der Waals surface area contributed by atoms with E-state index < -0.39 is 0 Å². The number of urea groups is 1. The minimum Gasteiger partial charge on any atom is -0.497 e. The lowest BCUT2D eigenvalue weighted by Crippen LogP contribution is -2.33. The first-order valence-electron chi connectivity index (χ1n) is 6.97. The van der Waals surface area contributed by atoms with Gasteiger partial charge in [0.05, 0.1) is 7.11 Å². The maximum absolute atomic E-state index is 11.8. The van der Waals surface area contributed by atoms with Gasteiger partial charge >= 0.3 is 6.03 Å². The number of rotatable bonds is 4. The Bertz CT molecular complexity index is 397. The summed E-state index contributed by atoms with van der Waals surface area (Å²) in [6.45, 7) is 0.780. The van der Waals surface area contributed by atoms with E-state index in [-0.39, 0.29) is 6.03 Å². The van der Waals surface area contributed by atoms with Crippen molar-refractivity contribution in [2.24, 2.45) is 5.92 Å². The molecule has 0 atom stereocenters. The van der Waals surface area contributed by atoms with Crippen LogP contribution in [0.15, 0.2) is 24.3 Å². The van der Waals surface area contributed by atoms with Crippen LogP contribution in [0.3, 0.4) is 0 Å². The highest BCUT2D eigenvalue weighted by molar-refractivity contribution is 5.89. The number of hydrogen-bond donors (Lipinski definition) is 2. The van der Waals surface area contributed by atoms with Crippen LogP contribution in [0.5, 0.6) is 5.75 Å². The molecular formula is C15H22N2O2. The molecule has 0 aliphatic heterocycles. The third-order valence-electron chi connectivity index (χ3n) is 3.62. The average molecular weight is 262 g/mol. The summed E-state index contributed by atoms with van der Waals surface area (Å²) >= 11 is 0. The fourth-order valence-corrected chi connectivity index (χ4v) is 2.48. The molecule has 4 heteroatoms. The van der Waals surface area contributed by atoms with Gasteiger partial charge < -0.3 is 15.4 Å². The topological polar surface area (TPSA) is 50.4 Å². The summed E-state index contributed by atoms with van der Waals surface area (Å²) in [7, 11) is 1.62. The number of carbonyl (C=O) groups excluding carboxylic acids is 1. The number of ether oxygens (including phenoxy) is 1. The largest absolute Gasteiger partial charge is 0.497 e. The molecule has 0 aromatic heterocycles. The molecule has 19 heavy (non-hydrogen) atoms. The summed E-state index contributed by atoms with van der Waals surface area (Å²) in [5.74, 6) is 1.43. The van der Waals surface area contributed by atoms with Gasteiger partial charge in [-0.2, -0.15) is 0 Å². The number of methoxy groups -OCH3 is 1. The minimum atomic E-state index is -0.129. The standard InChI is InChI=1S/C15H22N2O2/c1-19-14-9-7-13(8-10-14)17-15(18)16-11-12-5-3-2-4-6-12/h7-10,12H,2-6,11H2,1H3,(H2,16,17,18). The van der Waals surface area contributed by atoms with Gasteiger partial charge in [0.15, 0.2) is 0 Å². The van der Waals surface area contributed by atoms with Crippen LogP contribution in [0.1, 0.15) is 32.1 Å². The third-order valence-corrected chi connectivity index (χ3v) is 3.62. The number of anilines is 1. The van der Waals surface area contributed by atoms with Gasteiger partial charge in [-0.1, -0.05) is 19.3 Å². The molecule has 1 saturated carbocycles. The van der Waals surface area contributed by atoms with Gasteiger partial charge in [0.2, 0.25) is 0 Å². The SMILES string of the molecule is COc1ccc(NC(=O)NCC2CCCCC2)cc1. The number of hydrogen-bond acceptors (Lipinski definition) is 2. The van der Waals surface area contributed by atoms with Crippen LogP contribution in [-0.4, -0.2) is 19.7 Å². The summed E-state index contributed by atoms with van der Waals surface area (Å²) in [5, 5.41) is 5.78. The normalized spacial score (nSPS) is 15.8. The lowest BCUT2D eigenvalue weighted by molar-refractivity contribution is 0.247. The van der Waals surface area contributed by atoms with E-state index in [2.05, 4.69) is 10.6 Å². The number of nitrogens with one attached hydrogen (secondary N) is 2. The molecule has 2 N–H and O–H groups in total. The zero-order chi connectivity index (χ0) is 13.5. The van der Waals surface area contributed by atoms with Crippen molar-refractivity contribution in [1.82, 2.24) is 5.32 Å². The molecule has 2 amide bonds. The van der Waals surface area contributed by atoms with Crippen LogP contribution in [0, 0.1) is 5.92 Å². The van der Waals surface area contributed by atoms with Gasteiger partial charge in [-0.25, -0.2) is 4.79 Å². The lowest BCUT2D eigenvalue weighted by atomic mass is 9.89. The maximum Gasteiger partial charge on any atom is 0.319 e. The Morgan fingerprint density at radius 2 is 1.89 bits per heavy atom. The van der Waals surface area contributed by atoms with Crippen molar-refractivity contribution < 1.29 is 9.53 Å². The van der Waals surface area contributed by atoms with Gasteiger partial charge in [0, 0.05) is 12.2 Å². The number of carbonyl (C=O) groups is 1.